The number of aryl methyl sites for hydroxylation is 1. The van der Waals surface area contributed by atoms with Gasteiger partial charge in [0.05, 0.1) is 17.4 Å². The molecule has 1 saturated heterocycles. The van der Waals surface area contributed by atoms with Gasteiger partial charge < -0.3 is 10.3 Å². The zero-order chi connectivity index (χ0) is 14.8. The topological polar surface area (TPSA) is 61.0 Å². The lowest BCUT2D eigenvalue weighted by atomic mass is 10.1. The highest BCUT2D eigenvalue weighted by molar-refractivity contribution is 5.80. The van der Waals surface area contributed by atoms with Gasteiger partial charge in [-0.05, 0) is 51.5 Å². The van der Waals surface area contributed by atoms with Crippen molar-refractivity contribution in [1.82, 2.24) is 20.2 Å². The lowest BCUT2D eigenvalue weighted by Crippen LogP contribution is -2.41. The average Bonchev–Trinajstić information content (AvgIpc) is 2.49. The Bertz CT molecular complexity index is 688. The first-order valence-electron chi connectivity index (χ1n) is 7.54. The van der Waals surface area contributed by atoms with Gasteiger partial charge in [-0.15, -0.1) is 0 Å². The van der Waals surface area contributed by atoms with Crippen LogP contribution >= 0.6 is 0 Å². The van der Waals surface area contributed by atoms with Crippen molar-refractivity contribution >= 4 is 10.9 Å². The number of para-hydroxylation sites is 1. The van der Waals surface area contributed by atoms with Crippen molar-refractivity contribution in [1.29, 1.82) is 0 Å². The van der Waals surface area contributed by atoms with Crippen LogP contribution in [0.3, 0.4) is 0 Å². The fourth-order valence-corrected chi connectivity index (χ4v) is 3.04. The van der Waals surface area contributed by atoms with E-state index in [9.17, 15) is 4.79 Å². The smallest absolute Gasteiger partial charge is 0.258 e. The van der Waals surface area contributed by atoms with Gasteiger partial charge in [0, 0.05) is 6.04 Å². The number of benzene rings is 1. The van der Waals surface area contributed by atoms with Crippen LogP contribution < -0.4 is 10.9 Å². The van der Waals surface area contributed by atoms with Crippen molar-refractivity contribution in [3.63, 3.8) is 0 Å². The number of hydrogen-bond donors (Lipinski definition) is 2. The summed E-state index contributed by atoms with van der Waals surface area (Å²) in [6, 6.07) is 6.28. The van der Waals surface area contributed by atoms with Crippen molar-refractivity contribution in [2.24, 2.45) is 0 Å². The maximum absolute atomic E-state index is 12.2. The lowest BCUT2D eigenvalue weighted by molar-refractivity contribution is 0.188. The first-order chi connectivity index (χ1) is 10.1. The Morgan fingerprint density at radius 2 is 2.10 bits per heavy atom. The van der Waals surface area contributed by atoms with Crippen molar-refractivity contribution in [3.8, 4) is 0 Å². The molecule has 2 heterocycles. The average molecular weight is 286 g/mol. The molecule has 0 bridgehead atoms. The van der Waals surface area contributed by atoms with Crippen LogP contribution in [0.25, 0.3) is 10.9 Å². The van der Waals surface area contributed by atoms with Crippen LogP contribution in [-0.4, -0.2) is 41.0 Å². The summed E-state index contributed by atoms with van der Waals surface area (Å²) in [6.45, 7) is 4.81. The summed E-state index contributed by atoms with van der Waals surface area (Å²) in [4.78, 5) is 22.1. The summed E-state index contributed by atoms with van der Waals surface area (Å²) >= 11 is 0. The van der Waals surface area contributed by atoms with Crippen LogP contribution in [0.5, 0.6) is 0 Å². The molecule has 1 fully saturated rings. The predicted octanol–water partition coefficient (Wildman–Crippen LogP) is 1.42. The van der Waals surface area contributed by atoms with Crippen LogP contribution in [0.15, 0.2) is 23.0 Å². The first kappa shape index (κ1) is 14.2. The number of hydrogen-bond acceptors (Lipinski definition) is 4. The molecule has 5 nitrogen and oxygen atoms in total. The van der Waals surface area contributed by atoms with Crippen molar-refractivity contribution in [2.45, 2.75) is 32.4 Å². The summed E-state index contributed by atoms with van der Waals surface area (Å²) in [6.07, 6.45) is 2.29. The number of aromatic amines is 1. The molecule has 5 heteroatoms. The molecule has 1 aliphatic heterocycles. The van der Waals surface area contributed by atoms with Crippen LogP contribution in [0.2, 0.25) is 0 Å². The summed E-state index contributed by atoms with van der Waals surface area (Å²) < 4.78 is 0. The second kappa shape index (κ2) is 5.95. The van der Waals surface area contributed by atoms with E-state index in [1.807, 2.05) is 25.1 Å². The van der Waals surface area contributed by atoms with E-state index in [4.69, 9.17) is 0 Å². The van der Waals surface area contributed by atoms with E-state index in [0.29, 0.717) is 18.0 Å². The van der Waals surface area contributed by atoms with E-state index < -0.39 is 0 Å². The van der Waals surface area contributed by atoms with Crippen LogP contribution in [0, 0.1) is 6.92 Å². The van der Waals surface area contributed by atoms with E-state index in [1.165, 1.54) is 0 Å². The monoisotopic (exact) mass is 286 g/mol. The highest BCUT2D eigenvalue weighted by Gasteiger charge is 2.18. The molecule has 0 atom stereocenters. The van der Waals surface area contributed by atoms with E-state index in [2.05, 4.69) is 27.2 Å². The number of aromatic nitrogens is 2. The van der Waals surface area contributed by atoms with Crippen molar-refractivity contribution < 1.29 is 0 Å². The van der Waals surface area contributed by atoms with Gasteiger partial charge in [0.1, 0.15) is 5.82 Å². The molecule has 1 aromatic carbocycles. The van der Waals surface area contributed by atoms with Gasteiger partial charge in [0.25, 0.3) is 5.56 Å². The summed E-state index contributed by atoms with van der Waals surface area (Å²) in [5.74, 6) is 0.753. The van der Waals surface area contributed by atoms with E-state index in [0.717, 1.165) is 42.8 Å². The first-order valence-corrected chi connectivity index (χ1v) is 7.54. The second-order valence-electron chi connectivity index (χ2n) is 5.88. The Kier molecular flexibility index (Phi) is 4.03. The fraction of sp³-hybridized carbons (Fsp3) is 0.500. The third-order valence-electron chi connectivity index (χ3n) is 4.32. The molecule has 2 N–H and O–H groups in total. The number of nitrogens with one attached hydrogen (secondary N) is 2. The van der Waals surface area contributed by atoms with Gasteiger partial charge in [0.2, 0.25) is 0 Å². The number of H-pyrrole nitrogens is 1. The number of nitrogens with zero attached hydrogens (tertiary/aromatic N) is 2. The number of piperidine rings is 1. The molecule has 2 aromatic rings. The lowest BCUT2D eigenvalue weighted by Gasteiger charge is -2.31. The molecule has 3 rings (SSSR count). The number of fused-ring (bicyclic) bond motifs is 1. The zero-order valence-corrected chi connectivity index (χ0v) is 12.6. The van der Waals surface area contributed by atoms with Gasteiger partial charge in [-0.3, -0.25) is 9.69 Å². The minimum absolute atomic E-state index is 0.0441. The molecule has 0 unspecified atom stereocenters. The van der Waals surface area contributed by atoms with E-state index >= 15 is 0 Å². The highest BCUT2D eigenvalue weighted by atomic mass is 16.1. The third-order valence-corrected chi connectivity index (χ3v) is 4.32. The predicted molar refractivity (Wildman–Crippen MR) is 84.5 cm³/mol. The second-order valence-corrected chi connectivity index (χ2v) is 5.88. The standard InChI is InChI=1S/C16H22N4O/c1-11-4-3-5-13-15(11)18-14(19-16(13)21)10-20(2)12-6-8-17-9-7-12/h3-5,12,17H,6-10H2,1-2H3,(H,18,19,21). The Morgan fingerprint density at radius 1 is 1.33 bits per heavy atom. The normalized spacial score (nSPS) is 16.7. The van der Waals surface area contributed by atoms with Crippen LogP contribution in [-0.2, 0) is 6.54 Å². The molecular formula is C16H22N4O. The van der Waals surface area contributed by atoms with Gasteiger partial charge in [-0.1, -0.05) is 12.1 Å². The molecule has 0 aliphatic carbocycles. The summed E-state index contributed by atoms with van der Waals surface area (Å²) in [5.41, 5.74) is 1.82. The van der Waals surface area contributed by atoms with Gasteiger partial charge in [-0.25, -0.2) is 4.98 Å². The Balaban J connectivity index is 1.87. The molecule has 0 saturated carbocycles. The maximum Gasteiger partial charge on any atom is 0.258 e. The van der Waals surface area contributed by atoms with E-state index in [1.54, 1.807) is 0 Å². The Hall–Kier alpha value is -1.72. The Labute approximate surface area is 124 Å². The third kappa shape index (κ3) is 2.99. The van der Waals surface area contributed by atoms with Crippen LogP contribution in [0.4, 0.5) is 0 Å². The zero-order valence-electron chi connectivity index (χ0n) is 12.6. The molecule has 0 spiro atoms. The van der Waals surface area contributed by atoms with Gasteiger partial charge >= 0.3 is 0 Å². The van der Waals surface area contributed by atoms with E-state index in [-0.39, 0.29) is 5.56 Å². The maximum atomic E-state index is 12.2. The molecule has 1 aliphatic rings. The molecule has 0 amide bonds. The van der Waals surface area contributed by atoms with Crippen molar-refractivity contribution in [2.75, 3.05) is 20.1 Å². The SMILES string of the molecule is Cc1cccc2c(=O)[nH]c(CN(C)C3CCNCC3)nc12. The minimum Gasteiger partial charge on any atom is -0.317 e. The summed E-state index contributed by atoms with van der Waals surface area (Å²) in [7, 11) is 2.11. The molecule has 1 aromatic heterocycles. The fourth-order valence-electron chi connectivity index (χ4n) is 3.04. The van der Waals surface area contributed by atoms with Gasteiger partial charge in [0.15, 0.2) is 0 Å². The van der Waals surface area contributed by atoms with Gasteiger partial charge in [-0.2, -0.15) is 0 Å². The molecule has 112 valence electrons. The van der Waals surface area contributed by atoms with Crippen molar-refractivity contribution in [3.05, 3.63) is 39.9 Å². The largest absolute Gasteiger partial charge is 0.317 e. The highest BCUT2D eigenvalue weighted by Crippen LogP contribution is 2.15. The summed E-state index contributed by atoms with van der Waals surface area (Å²) in [5, 5.41) is 4.04. The molecular weight excluding hydrogens is 264 g/mol. The van der Waals surface area contributed by atoms with Crippen LogP contribution in [0.1, 0.15) is 24.2 Å². The number of rotatable bonds is 3. The Morgan fingerprint density at radius 3 is 2.86 bits per heavy atom. The molecule has 0 radical (unpaired) electrons. The molecule has 21 heavy (non-hydrogen) atoms. The minimum atomic E-state index is -0.0441. The quantitative estimate of drug-likeness (QED) is 0.896.